The molecule has 0 aliphatic rings. The molecule has 0 atom stereocenters. The summed E-state index contributed by atoms with van der Waals surface area (Å²) >= 11 is -0.135. The van der Waals surface area contributed by atoms with Crippen molar-refractivity contribution in [1.29, 1.82) is 0 Å². The van der Waals surface area contributed by atoms with Gasteiger partial charge in [0.05, 0.1) is 0 Å². The van der Waals surface area contributed by atoms with Crippen molar-refractivity contribution in [3.63, 3.8) is 0 Å². The first-order valence-electron chi connectivity index (χ1n) is 7.40. The molecule has 0 radical (unpaired) electrons. The third kappa shape index (κ3) is 3.54. The summed E-state index contributed by atoms with van der Waals surface area (Å²) in [6.45, 7) is 3.44. The molecule has 0 spiro atoms. The summed E-state index contributed by atoms with van der Waals surface area (Å²) < 4.78 is 67.0. The van der Waals surface area contributed by atoms with Crippen LogP contribution in [0.4, 0.5) is 13.2 Å². The van der Waals surface area contributed by atoms with Crippen molar-refractivity contribution in [2.45, 2.75) is 23.8 Å². The molecule has 0 aliphatic carbocycles. The average Bonchev–Trinajstić information content (AvgIpc) is 2.78. The van der Waals surface area contributed by atoms with Crippen LogP contribution in [0.3, 0.4) is 0 Å². The van der Waals surface area contributed by atoms with E-state index >= 15 is 0 Å². The number of halogens is 4. The first-order chi connectivity index (χ1) is 12.0. The fourth-order valence-electron chi connectivity index (χ4n) is 2.70. The van der Waals surface area contributed by atoms with E-state index in [0.29, 0.717) is 10.9 Å². The van der Waals surface area contributed by atoms with Gasteiger partial charge in [0.1, 0.15) is 0 Å². The average molecular weight is 558 g/mol. The van der Waals surface area contributed by atoms with Crippen LogP contribution in [0.25, 0.3) is 10.9 Å². The van der Waals surface area contributed by atoms with E-state index in [1.807, 2.05) is 0 Å². The van der Waals surface area contributed by atoms with Gasteiger partial charge in [-0.1, -0.05) is 0 Å². The van der Waals surface area contributed by atoms with Crippen LogP contribution in [-0.2, 0) is 10.0 Å². The number of benzene rings is 2. The second kappa shape index (κ2) is 6.85. The quantitative estimate of drug-likeness (QED) is 0.361. The summed E-state index contributed by atoms with van der Waals surface area (Å²) in [5, 5.41) is -4.04. The Labute approximate surface area is 168 Å². The van der Waals surface area contributed by atoms with Crippen LogP contribution in [0.5, 0.6) is 0 Å². The van der Waals surface area contributed by atoms with Crippen molar-refractivity contribution in [2.75, 3.05) is 0 Å². The van der Waals surface area contributed by atoms with E-state index in [9.17, 15) is 21.6 Å². The van der Waals surface area contributed by atoms with E-state index in [1.165, 1.54) is 6.07 Å². The number of aryl methyl sites for hydroxylation is 2. The van der Waals surface area contributed by atoms with E-state index in [0.717, 1.165) is 9.54 Å². The Morgan fingerprint density at radius 1 is 1.08 bits per heavy atom. The van der Waals surface area contributed by atoms with Crippen molar-refractivity contribution in [3.8, 4) is 0 Å². The maximum absolute atomic E-state index is 13.3. The molecule has 0 N–H and O–H groups in total. The van der Waals surface area contributed by atoms with E-state index in [1.54, 1.807) is 72.8 Å². The van der Waals surface area contributed by atoms with E-state index in [4.69, 9.17) is 0 Å². The number of fused-ring (bicyclic) bond motifs is 1. The molecule has 3 aromatic rings. The Kier molecular flexibility index (Phi) is 5.20. The van der Waals surface area contributed by atoms with Gasteiger partial charge in [-0.3, -0.25) is 0 Å². The zero-order valence-corrected chi connectivity index (χ0v) is 18.3. The number of nitrogens with zero attached hydrogens (tertiary/aromatic N) is 1. The molecule has 0 saturated carbocycles. The summed E-state index contributed by atoms with van der Waals surface area (Å²) in [6.07, 6.45) is 0. The Morgan fingerprint density at radius 2 is 1.73 bits per heavy atom. The molecule has 0 bridgehead atoms. The van der Waals surface area contributed by atoms with Gasteiger partial charge in [0, 0.05) is 0 Å². The van der Waals surface area contributed by atoms with Crippen LogP contribution in [0.15, 0.2) is 47.4 Å². The molecular formula is C17H13F3INO2SSe. The molecular weight excluding hydrogens is 545 g/mol. The molecule has 0 fully saturated rings. The van der Waals surface area contributed by atoms with E-state index in [2.05, 4.69) is 0 Å². The fourth-order valence-corrected chi connectivity index (χ4v) is 7.81. The van der Waals surface area contributed by atoms with Crippen LogP contribution < -0.4 is 4.46 Å². The number of hydrogen-bond acceptors (Lipinski definition) is 2. The molecule has 1 heterocycles. The van der Waals surface area contributed by atoms with Gasteiger partial charge in [0.2, 0.25) is 0 Å². The van der Waals surface area contributed by atoms with Gasteiger partial charge < -0.3 is 0 Å². The normalized spacial score (nSPS) is 12.7. The molecule has 0 aliphatic heterocycles. The second-order valence-electron chi connectivity index (χ2n) is 5.72. The predicted octanol–water partition coefficient (Wildman–Crippen LogP) is 3.95. The molecule has 3 nitrogen and oxygen atoms in total. The maximum atomic E-state index is 13.3. The molecule has 2 aromatic carbocycles. The van der Waals surface area contributed by atoms with Crippen molar-refractivity contribution in [2.24, 2.45) is 0 Å². The molecule has 0 unspecified atom stereocenters. The first kappa shape index (κ1) is 19.7. The minimum absolute atomic E-state index is 0.0396. The summed E-state index contributed by atoms with van der Waals surface area (Å²) in [6, 6.07) is 11.3. The Balaban J connectivity index is 2.38. The minimum atomic E-state index is -4.37. The van der Waals surface area contributed by atoms with Crippen molar-refractivity contribution in [1.82, 2.24) is 3.97 Å². The zero-order chi connectivity index (χ0) is 19.3. The van der Waals surface area contributed by atoms with Gasteiger partial charge in [0.15, 0.2) is 0 Å². The number of aromatic nitrogens is 1. The summed E-state index contributed by atoms with van der Waals surface area (Å²) in [7, 11) is -4.03. The number of hydrogen-bond donors (Lipinski definition) is 0. The molecule has 138 valence electrons. The van der Waals surface area contributed by atoms with Crippen LogP contribution in [-0.4, -0.2) is 32.4 Å². The molecule has 0 saturated heterocycles. The summed E-state index contributed by atoms with van der Waals surface area (Å²) in [5.41, 5.74) is 1.60. The van der Waals surface area contributed by atoms with Crippen LogP contribution in [0.2, 0.25) is 0 Å². The van der Waals surface area contributed by atoms with E-state index < -0.39 is 30.1 Å². The van der Waals surface area contributed by atoms with Gasteiger partial charge in [-0.25, -0.2) is 0 Å². The standard InChI is InChI=1S/C17H13F3INO2SSe/c1-10-7-8-12-13(9-10)22(16(21)15(12)26-17(18,19)20)25(23,24)14-6-4-3-5-11(14)2/h3-9H,1-2H3. The Hall–Kier alpha value is -1.03. The SMILES string of the molecule is Cc1ccc2c([Se]C(F)(F)F)c(I)n(S(=O)(=O)c3ccccc3C)c2c1. The van der Waals surface area contributed by atoms with Crippen molar-refractivity contribution < 1.29 is 21.6 Å². The van der Waals surface area contributed by atoms with Gasteiger partial charge in [-0.2, -0.15) is 0 Å². The van der Waals surface area contributed by atoms with Crippen molar-refractivity contribution in [3.05, 3.63) is 57.3 Å². The summed E-state index contributed by atoms with van der Waals surface area (Å²) in [4.78, 5) is 0.0855. The van der Waals surface area contributed by atoms with Crippen LogP contribution in [0.1, 0.15) is 11.1 Å². The van der Waals surface area contributed by atoms with Gasteiger partial charge in [0.25, 0.3) is 0 Å². The monoisotopic (exact) mass is 559 g/mol. The fraction of sp³-hybridized carbons (Fsp3) is 0.176. The van der Waals surface area contributed by atoms with Gasteiger partial charge in [-0.05, 0) is 0 Å². The third-order valence-corrected chi connectivity index (χ3v) is 9.64. The molecule has 1 aromatic heterocycles. The Morgan fingerprint density at radius 3 is 2.35 bits per heavy atom. The van der Waals surface area contributed by atoms with Gasteiger partial charge in [-0.15, -0.1) is 0 Å². The van der Waals surface area contributed by atoms with Crippen LogP contribution in [0, 0.1) is 17.5 Å². The molecule has 3 rings (SSSR count). The molecule has 9 heteroatoms. The Bertz CT molecular complexity index is 1110. The van der Waals surface area contributed by atoms with Crippen molar-refractivity contribution >= 4 is 62.9 Å². The first-order valence-corrected chi connectivity index (χ1v) is 11.6. The number of rotatable bonds is 3. The molecule has 26 heavy (non-hydrogen) atoms. The predicted molar refractivity (Wildman–Crippen MR) is 105 cm³/mol. The van der Waals surface area contributed by atoms with E-state index in [-0.39, 0.29) is 18.6 Å². The second-order valence-corrected chi connectivity index (χ2v) is 10.8. The van der Waals surface area contributed by atoms with Crippen LogP contribution >= 0.6 is 22.6 Å². The topological polar surface area (TPSA) is 39.1 Å². The van der Waals surface area contributed by atoms with Gasteiger partial charge >= 0.3 is 170 Å². The number of alkyl halides is 3. The molecule has 0 amide bonds. The summed E-state index contributed by atoms with van der Waals surface area (Å²) in [5.74, 6) is 0. The third-order valence-electron chi connectivity index (χ3n) is 3.81. The zero-order valence-electron chi connectivity index (χ0n) is 13.6.